The highest BCUT2D eigenvalue weighted by molar-refractivity contribution is 5.79. The summed E-state index contributed by atoms with van der Waals surface area (Å²) in [5.74, 6) is -1.11. The van der Waals surface area contributed by atoms with E-state index in [1.807, 2.05) is 4.90 Å². The number of nitrogens with one attached hydrogen (secondary N) is 1. The van der Waals surface area contributed by atoms with E-state index in [0.717, 1.165) is 25.8 Å². The first kappa shape index (κ1) is 12.8. The van der Waals surface area contributed by atoms with E-state index in [1.54, 1.807) is 0 Å². The Bertz CT molecular complexity index is 405. The summed E-state index contributed by atoms with van der Waals surface area (Å²) in [6, 6.07) is 0.0122. The SMILES string of the molecule is CCC1(CNC(=O)N2C3CCC2C(C(=O)O)C3)CC1. The van der Waals surface area contributed by atoms with Crippen LogP contribution in [0.25, 0.3) is 0 Å². The molecule has 3 rings (SSSR count). The number of amides is 2. The summed E-state index contributed by atoms with van der Waals surface area (Å²) in [5.41, 5.74) is 0.334. The Morgan fingerprint density at radius 2 is 2.11 bits per heavy atom. The number of nitrogens with zero attached hydrogens (tertiary/aromatic N) is 1. The van der Waals surface area contributed by atoms with E-state index in [2.05, 4.69) is 12.2 Å². The number of hydrogen-bond acceptors (Lipinski definition) is 2. The Balaban J connectivity index is 1.60. The quantitative estimate of drug-likeness (QED) is 0.815. The number of rotatable bonds is 4. The Kier molecular flexibility index (Phi) is 2.95. The maximum atomic E-state index is 12.3. The lowest BCUT2D eigenvalue weighted by Crippen LogP contribution is -2.45. The normalized spacial score (nSPS) is 34.4. The van der Waals surface area contributed by atoms with Crippen molar-refractivity contribution in [3.05, 3.63) is 0 Å². The first-order valence-electron chi connectivity index (χ1n) is 7.35. The molecular formula is C14H22N2O3. The first-order valence-corrected chi connectivity index (χ1v) is 7.35. The Hall–Kier alpha value is -1.26. The van der Waals surface area contributed by atoms with Gasteiger partial charge in [-0.05, 0) is 43.9 Å². The molecule has 0 aromatic rings. The predicted molar refractivity (Wildman–Crippen MR) is 69.7 cm³/mol. The summed E-state index contributed by atoms with van der Waals surface area (Å²) >= 11 is 0. The van der Waals surface area contributed by atoms with E-state index >= 15 is 0 Å². The van der Waals surface area contributed by atoms with Crippen LogP contribution < -0.4 is 5.32 Å². The summed E-state index contributed by atoms with van der Waals surface area (Å²) in [5, 5.41) is 12.2. The van der Waals surface area contributed by atoms with Gasteiger partial charge in [0.25, 0.3) is 0 Å². The zero-order valence-corrected chi connectivity index (χ0v) is 11.4. The fraction of sp³-hybridized carbons (Fsp3) is 0.857. The molecule has 1 saturated carbocycles. The molecule has 3 fully saturated rings. The van der Waals surface area contributed by atoms with Crippen LogP contribution in [-0.4, -0.2) is 40.6 Å². The molecule has 0 radical (unpaired) electrons. The van der Waals surface area contributed by atoms with Crippen molar-refractivity contribution in [2.45, 2.75) is 57.5 Å². The van der Waals surface area contributed by atoms with Crippen LogP contribution in [-0.2, 0) is 4.79 Å². The van der Waals surface area contributed by atoms with Crippen LogP contribution in [0.2, 0.25) is 0 Å². The highest BCUT2D eigenvalue weighted by Crippen LogP contribution is 2.48. The fourth-order valence-electron chi connectivity index (χ4n) is 3.76. The van der Waals surface area contributed by atoms with Crippen molar-refractivity contribution < 1.29 is 14.7 Å². The minimum absolute atomic E-state index is 0.0454. The number of carbonyl (C=O) groups is 2. The van der Waals surface area contributed by atoms with Gasteiger partial charge in [-0.25, -0.2) is 4.79 Å². The number of fused-ring (bicyclic) bond motifs is 2. The zero-order valence-electron chi connectivity index (χ0n) is 11.4. The third-order valence-corrected chi connectivity index (χ3v) is 5.41. The molecule has 3 aliphatic rings. The molecule has 0 aromatic heterocycles. The first-order chi connectivity index (χ1) is 9.06. The van der Waals surface area contributed by atoms with Gasteiger partial charge in [-0.2, -0.15) is 0 Å². The summed E-state index contributed by atoms with van der Waals surface area (Å²) in [7, 11) is 0. The molecule has 2 heterocycles. The van der Waals surface area contributed by atoms with Crippen molar-refractivity contribution >= 4 is 12.0 Å². The number of carbonyl (C=O) groups excluding carboxylic acids is 1. The molecule has 1 aliphatic carbocycles. The molecule has 2 amide bonds. The van der Waals surface area contributed by atoms with E-state index in [1.165, 1.54) is 12.8 Å². The van der Waals surface area contributed by atoms with Crippen molar-refractivity contribution in [1.82, 2.24) is 10.2 Å². The maximum absolute atomic E-state index is 12.3. The van der Waals surface area contributed by atoms with E-state index in [9.17, 15) is 14.7 Å². The highest BCUT2D eigenvalue weighted by atomic mass is 16.4. The van der Waals surface area contributed by atoms with Crippen LogP contribution in [0.4, 0.5) is 4.79 Å². The van der Waals surface area contributed by atoms with Gasteiger partial charge in [0.15, 0.2) is 0 Å². The van der Waals surface area contributed by atoms with Crippen molar-refractivity contribution in [2.24, 2.45) is 11.3 Å². The monoisotopic (exact) mass is 266 g/mol. The lowest BCUT2D eigenvalue weighted by atomic mass is 9.89. The molecule has 3 atom stereocenters. The van der Waals surface area contributed by atoms with Crippen molar-refractivity contribution in [1.29, 1.82) is 0 Å². The van der Waals surface area contributed by atoms with Crippen LogP contribution in [0.3, 0.4) is 0 Å². The molecule has 106 valence electrons. The number of aliphatic carboxylic acids is 1. The van der Waals surface area contributed by atoms with Gasteiger partial charge in [-0.15, -0.1) is 0 Å². The smallest absolute Gasteiger partial charge is 0.317 e. The summed E-state index contributed by atoms with van der Waals surface area (Å²) < 4.78 is 0. The molecule has 3 unspecified atom stereocenters. The molecule has 19 heavy (non-hydrogen) atoms. The molecule has 0 aromatic carbocycles. The largest absolute Gasteiger partial charge is 0.481 e. The van der Waals surface area contributed by atoms with Gasteiger partial charge in [0, 0.05) is 18.6 Å². The summed E-state index contributed by atoms with van der Waals surface area (Å²) in [6.07, 6.45) is 5.95. The van der Waals surface area contributed by atoms with Gasteiger partial charge in [0.05, 0.1) is 5.92 Å². The van der Waals surface area contributed by atoms with E-state index in [0.29, 0.717) is 11.8 Å². The van der Waals surface area contributed by atoms with E-state index < -0.39 is 5.97 Å². The van der Waals surface area contributed by atoms with Crippen molar-refractivity contribution in [3.63, 3.8) is 0 Å². The van der Waals surface area contributed by atoms with Crippen molar-refractivity contribution in [3.8, 4) is 0 Å². The van der Waals surface area contributed by atoms with Gasteiger partial charge in [0.1, 0.15) is 0 Å². The second kappa shape index (κ2) is 4.39. The van der Waals surface area contributed by atoms with Gasteiger partial charge in [-0.1, -0.05) is 6.92 Å². The minimum atomic E-state index is -0.753. The average Bonchev–Trinajstić information content (AvgIpc) is 2.95. The van der Waals surface area contributed by atoms with Crippen LogP contribution in [0, 0.1) is 11.3 Å². The van der Waals surface area contributed by atoms with Gasteiger partial charge < -0.3 is 15.3 Å². The third kappa shape index (κ3) is 2.09. The van der Waals surface area contributed by atoms with Gasteiger partial charge >= 0.3 is 12.0 Å². The molecule has 2 bridgehead atoms. The molecule has 2 aliphatic heterocycles. The van der Waals surface area contributed by atoms with Gasteiger partial charge in [0.2, 0.25) is 0 Å². The van der Waals surface area contributed by atoms with Crippen LogP contribution in [0.1, 0.15) is 45.4 Å². The van der Waals surface area contributed by atoms with Crippen LogP contribution in [0.5, 0.6) is 0 Å². The topological polar surface area (TPSA) is 69.6 Å². The number of carboxylic acids is 1. The lowest BCUT2D eigenvalue weighted by Gasteiger charge is -2.25. The molecule has 2 saturated heterocycles. The number of hydrogen-bond donors (Lipinski definition) is 2. The second-order valence-electron chi connectivity index (χ2n) is 6.40. The molecule has 5 nitrogen and oxygen atoms in total. The predicted octanol–water partition coefficient (Wildman–Crippen LogP) is 1.82. The lowest BCUT2D eigenvalue weighted by molar-refractivity contribution is -0.142. The van der Waals surface area contributed by atoms with E-state index in [-0.39, 0.29) is 24.0 Å². The Morgan fingerprint density at radius 3 is 2.63 bits per heavy atom. The second-order valence-corrected chi connectivity index (χ2v) is 6.40. The van der Waals surface area contributed by atoms with Crippen molar-refractivity contribution in [2.75, 3.05) is 6.54 Å². The maximum Gasteiger partial charge on any atom is 0.317 e. The fourth-order valence-corrected chi connectivity index (χ4v) is 3.76. The standard InChI is InChI=1S/C14H22N2O3/c1-2-14(5-6-14)8-15-13(19)16-9-3-4-11(16)10(7-9)12(17)18/h9-11H,2-8H2,1H3,(H,15,19)(H,17,18). The van der Waals surface area contributed by atoms with Gasteiger partial charge in [-0.3, -0.25) is 4.79 Å². The molecular weight excluding hydrogens is 244 g/mol. The Labute approximate surface area is 113 Å². The minimum Gasteiger partial charge on any atom is -0.481 e. The molecule has 0 spiro atoms. The third-order valence-electron chi connectivity index (χ3n) is 5.41. The zero-order chi connectivity index (χ0) is 13.6. The van der Waals surface area contributed by atoms with E-state index in [4.69, 9.17) is 0 Å². The number of carboxylic acid groups (broad SMARTS) is 1. The Morgan fingerprint density at radius 1 is 1.37 bits per heavy atom. The summed E-state index contributed by atoms with van der Waals surface area (Å²) in [4.78, 5) is 25.3. The molecule has 5 heteroatoms. The number of urea groups is 1. The molecule has 2 N–H and O–H groups in total. The summed E-state index contributed by atoms with van der Waals surface area (Å²) in [6.45, 7) is 2.91. The van der Waals surface area contributed by atoms with Crippen LogP contribution >= 0.6 is 0 Å². The average molecular weight is 266 g/mol. The highest BCUT2D eigenvalue weighted by Gasteiger charge is 2.51. The van der Waals surface area contributed by atoms with Crippen LogP contribution in [0.15, 0.2) is 0 Å².